The maximum atomic E-state index is 9.92. The molecule has 4 rings (SSSR count). The van der Waals surface area contributed by atoms with E-state index in [1.54, 1.807) is 11.8 Å². The van der Waals surface area contributed by atoms with Crippen LogP contribution in [-0.2, 0) is 0 Å². The van der Waals surface area contributed by atoms with Crippen LogP contribution in [0.2, 0.25) is 0 Å². The maximum Gasteiger partial charge on any atom is 0.123 e. The highest BCUT2D eigenvalue weighted by atomic mass is 32.2. The van der Waals surface area contributed by atoms with Crippen molar-refractivity contribution in [3.63, 3.8) is 0 Å². The Bertz CT molecular complexity index is 1040. The predicted molar refractivity (Wildman–Crippen MR) is 105 cm³/mol. The number of fused-ring (bicyclic) bond motifs is 3. The van der Waals surface area contributed by atoms with Crippen molar-refractivity contribution in [2.24, 2.45) is 5.73 Å². The summed E-state index contributed by atoms with van der Waals surface area (Å²) in [6.45, 7) is 0. The van der Waals surface area contributed by atoms with Crippen molar-refractivity contribution in [2.45, 2.75) is 15.7 Å². The summed E-state index contributed by atoms with van der Waals surface area (Å²) >= 11 is 3.18. The Morgan fingerprint density at radius 2 is 1.73 bits per heavy atom. The Morgan fingerprint density at radius 1 is 1.04 bits per heavy atom. The number of hydrogen-bond donors (Lipinski definition) is 1. The number of nitrogens with zero attached hydrogens (tertiary/aromatic N) is 3. The van der Waals surface area contributed by atoms with Gasteiger partial charge in [-0.05, 0) is 36.1 Å². The summed E-state index contributed by atoms with van der Waals surface area (Å²) in [5, 5.41) is 20.5. The third-order valence-electron chi connectivity index (χ3n) is 4.53. The van der Waals surface area contributed by atoms with Crippen LogP contribution in [0.3, 0.4) is 0 Å². The third-order valence-corrected chi connectivity index (χ3v) is 6.44. The molecule has 0 fully saturated rings. The molecule has 2 aliphatic heterocycles. The molecule has 0 aliphatic carbocycles. The summed E-state index contributed by atoms with van der Waals surface area (Å²) in [6, 6.07) is 20.4. The van der Waals surface area contributed by atoms with Crippen LogP contribution in [0.25, 0.3) is 0 Å². The van der Waals surface area contributed by atoms with Crippen LogP contribution in [0, 0.1) is 22.7 Å². The van der Waals surface area contributed by atoms with Gasteiger partial charge in [0, 0.05) is 9.79 Å². The van der Waals surface area contributed by atoms with E-state index < -0.39 is 5.92 Å². The Morgan fingerprint density at radius 3 is 2.38 bits per heavy atom. The van der Waals surface area contributed by atoms with Crippen molar-refractivity contribution in [3.05, 3.63) is 76.1 Å². The number of thioether (sulfide) groups is 2. The Labute approximate surface area is 160 Å². The van der Waals surface area contributed by atoms with E-state index in [-0.39, 0.29) is 0 Å². The van der Waals surface area contributed by atoms with Gasteiger partial charge < -0.3 is 5.73 Å². The summed E-state index contributed by atoms with van der Waals surface area (Å²) in [6.07, 6.45) is 2.02. The van der Waals surface area contributed by atoms with E-state index in [1.165, 1.54) is 11.8 Å². The second-order valence-corrected chi connectivity index (χ2v) is 7.76. The number of hydrogen-bond acceptors (Lipinski definition) is 6. The van der Waals surface area contributed by atoms with Crippen molar-refractivity contribution in [3.8, 4) is 12.1 Å². The van der Waals surface area contributed by atoms with Crippen molar-refractivity contribution in [2.75, 3.05) is 11.2 Å². The minimum absolute atomic E-state index is 0.401. The zero-order valence-corrected chi connectivity index (χ0v) is 15.6. The molecule has 6 heteroatoms. The molecule has 0 saturated heterocycles. The topological polar surface area (TPSA) is 76.8 Å². The van der Waals surface area contributed by atoms with Gasteiger partial charge in [-0.3, -0.25) is 4.90 Å². The number of anilines is 1. The highest BCUT2D eigenvalue weighted by Crippen LogP contribution is 2.54. The minimum Gasteiger partial charge on any atom is -0.384 e. The lowest BCUT2D eigenvalue weighted by Gasteiger charge is -2.31. The Balaban J connectivity index is 1.92. The molecule has 0 saturated carbocycles. The van der Waals surface area contributed by atoms with E-state index in [0.29, 0.717) is 17.0 Å². The molecule has 0 amide bonds. The van der Waals surface area contributed by atoms with Crippen molar-refractivity contribution >= 4 is 29.2 Å². The molecule has 2 N–H and O–H groups in total. The normalized spacial score (nSPS) is 18.3. The van der Waals surface area contributed by atoms with Gasteiger partial charge in [0.05, 0.1) is 34.9 Å². The summed E-state index contributed by atoms with van der Waals surface area (Å²) in [5.74, 6) is -0.0353. The number of nitriles is 2. The first-order valence-corrected chi connectivity index (χ1v) is 9.98. The van der Waals surface area contributed by atoms with Crippen molar-refractivity contribution in [1.29, 1.82) is 10.5 Å². The zero-order valence-electron chi connectivity index (χ0n) is 13.9. The lowest BCUT2D eigenvalue weighted by molar-refractivity contribution is 0.883. The first-order valence-electron chi connectivity index (χ1n) is 7.94. The molecular formula is C20H14N4S2. The standard InChI is InChI=1S/C20H14N4S2/c1-25-13-8-6-12(7-9-13)18-14(10-21)19(23)24-16-4-2-3-5-17(16)26-20(24)15(18)11-22/h2-9,18H,23H2,1H3. The van der Waals surface area contributed by atoms with Crippen LogP contribution in [0.4, 0.5) is 5.69 Å². The molecule has 0 bridgehead atoms. The summed E-state index contributed by atoms with van der Waals surface area (Å²) in [7, 11) is 0. The molecule has 2 aromatic rings. The fraction of sp³-hybridized carbons (Fsp3) is 0.100. The number of benzene rings is 2. The molecule has 2 heterocycles. The number of allylic oxidation sites excluding steroid dienone is 2. The van der Waals surface area contributed by atoms with Gasteiger partial charge in [0.15, 0.2) is 0 Å². The number of rotatable bonds is 2. The summed E-state index contributed by atoms with van der Waals surface area (Å²) in [4.78, 5) is 4.01. The summed E-state index contributed by atoms with van der Waals surface area (Å²) < 4.78 is 0. The monoisotopic (exact) mass is 374 g/mol. The van der Waals surface area contributed by atoms with Crippen LogP contribution in [0.15, 0.2) is 80.3 Å². The average Bonchev–Trinajstić information content (AvgIpc) is 3.07. The Kier molecular flexibility index (Phi) is 4.16. The van der Waals surface area contributed by atoms with Gasteiger partial charge in [-0.25, -0.2) is 0 Å². The molecule has 0 spiro atoms. The van der Waals surface area contributed by atoms with E-state index in [9.17, 15) is 10.5 Å². The lowest BCUT2D eigenvalue weighted by atomic mass is 9.83. The molecule has 2 aliphatic rings. The smallest absolute Gasteiger partial charge is 0.123 e. The van der Waals surface area contributed by atoms with Gasteiger partial charge in [-0.1, -0.05) is 36.0 Å². The fourth-order valence-electron chi connectivity index (χ4n) is 3.30. The maximum absolute atomic E-state index is 9.92. The van der Waals surface area contributed by atoms with E-state index in [0.717, 1.165) is 26.1 Å². The SMILES string of the molecule is CSc1ccc(C2C(C#N)=C(N)N3C(=C2C#N)Sc2ccccc23)cc1. The predicted octanol–water partition coefficient (Wildman–Crippen LogP) is 4.55. The molecule has 0 aromatic heterocycles. The van der Waals surface area contributed by atoms with E-state index in [2.05, 4.69) is 12.1 Å². The average molecular weight is 374 g/mol. The van der Waals surface area contributed by atoms with Gasteiger partial charge in [0.2, 0.25) is 0 Å². The summed E-state index contributed by atoms with van der Waals surface area (Å²) in [5.41, 5.74) is 9.22. The lowest BCUT2D eigenvalue weighted by Crippen LogP contribution is -2.32. The van der Waals surface area contributed by atoms with Crippen molar-refractivity contribution < 1.29 is 0 Å². The van der Waals surface area contributed by atoms with Crippen molar-refractivity contribution in [1.82, 2.24) is 0 Å². The largest absolute Gasteiger partial charge is 0.384 e. The van der Waals surface area contributed by atoms with Gasteiger partial charge >= 0.3 is 0 Å². The molecule has 0 radical (unpaired) electrons. The molecular weight excluding hydrogens is 360 g/mol. The first kappa shape index (κ1) is 16.7. The van der Waals surface area contributed by atoms with Crippen LogP contribution in [-0.4, -0.2) is 6.26 Å². The van der Waals surface area contributed by atoms with Gasteiger partial charge in [0.25, 0.3) is 0 Å². The number of nitrogens with two attached hydrogens (primary N) is 1. The Hall–Kier alpha value is -2.80. The second kappa shape index (κ2) is 6.49. The highest BCUT2D eigenvalue weighted by molar-refractivity contribution is 8.03. The second-order valence-electron chi connectivity index (χ2n) is 5.85. The molecule has 4 nitrogen and oxygen atoms in total. The van der Waals surface area contributed by atoms with Gasteiger partial charge in [0.1, 0.15) is 10.9 Å². The molecule has 126 valence electrons. The van der Waals surface area contributed by atoms with E-state index >= 15 is 0 Å². The van der Waals surface area contributed by atoms with Crippen LogP contribution < -0.4 is 10.6 Å². The van der Waals surface area contributed by atoms with Gasteiger partial charge in [-0.15, -0.1) is 11.8 Å². The van der Waals surface area contributed by atoms with Crippen LogP contribution in [0.5, 0.6) is 0 Å². The molecule has 26 heavy (non-hydrogen) atoms. The fourth-order valence-corrected chi connectivity index (χ4v) is 4.89. The molecule has 2 aromatic carbocycles. The molecule has 1 unspecified atom stereocenters. The van der Waals surface area contributed by atoms with E-state index in [1.807, 2.05) is 59.7 Å². The van der Waals surface area contributed by atoms with Gasteiger partial charge in [-0.2, -0.15) is 10.5 Å². The first-order chi connectivity index (χ1) is 12.7. The third kappa shape index (κ3) is 2.39. The highest BCUT2D eigenvalue weighted by Gasteiger charge is 2.40. The minimum atomic E-state index is -0.436. The van der Waals surface area contributed by atoms with Crippen LogP contribution >= 0.6 is 23.5 Å². The molecule has 1 atom stereocenters. The van der Waals surface area contributed by atoms with Crippen LogP contribution in [0.1, 0.15) is 11.5 Å². The quantitative estimate of drug-likeness (QED) is 0.777. The number of para-hydroxylation sites is 1. The zero-order chi connectivity index (χ0) is 18.3. The van der Waals surface area contributed by atoms with E-state index in [4.69, 9.17) is 5.73 Å².